The lowest BCUT2D eigenvalue weighted by Gasteiger charge is -2.06. The normalized spacial score (nSPS) is 11.9. The Morgan fingerprint density at radius 2 is 2.19 bits per heavy atom. The van der Waals surface area contributed by atoms with Gasteiger partial charge in [0.1, 0.15) is 5.82 Å². The van der Waals surface area contributed by atoms with Crippen LogP contribution in [0.4, 0.5) is 4.39 Å². The first-order valence-corrected chi connectivity index (χ1v) is 6.31. The summed E-state index contributed by atoms with van der Waals surface area (Å²) in [4.78, 5) is 0. The fourth-order valence-corrected chi connectivity index (χ4v) is 1.79. The van der Waals surface area contributed by atoms with E-state index in [4.69, 9.17) is 0 Å². The molecule has 1 aromatic rings. The summed E-state index contributed by atoms with van der Waals surface area (Å²) >= 11 is 3.35. The van der Waals surface area contributed by atoms with Gasteiger partial charge in [-0.1, -0.05) is 41.4 Å². The minimum Gasteiger partial charge on any atom is -0.313 e. The highest BCUT2D eigenvalue weighted by atomic mass is 79.9. The topological polar surface area (TPSA) is 12.0 Å². The van der Waals surface area contributed by atoms with Crippen molar-refractivity contribution in [2.24, 2.45) is 0 Å². The van der Waals surface area contributed by atoms with Gasteiger partial charge in [-0.25, -0.2) is 4.39 Å². The van der Waals surface area contributed by atoms with Gasteiger partial charge < -0.3 is 5.32 Å². The summed E-state index contributed by atoms with van der Waals surface area (Å²) in [5, 5.41) is 3.25. The van der Waals surface area contributed by atoms with Gasteiger partial charge in [0.05, 0.1) is 0 Å². The van der Waals surface area contributed by atoms with Gasteiger partial charge in [0.2, 0.25) is 0 Å². The number of nitrogens with one attached hydrogen (secondary N) is 1. The fourth-order valence-electron chi connectivity index (χ4n) is 1.41. The Kier molecular flexibility index (Phi) is 5.71. The zero-order chi connectivity index (χ0) is 12.0. The Balaban J connectivity index is 2.89. The van der Waals surface area contributed by atoms with Crippen LogP contribution in [0.25, 0.3) is 6.08 Å². The molecule has 1 aromatic carbocycles. The van der Waals surface area contributed by atoms with Gasteiger partial charge in [0, 0.05) is 16.6 Å². The molecule has 0 amide bonds. The molecule has 0 fully saturated rings. The Hall–Kier alpha value is -0.670. The molecule has 0 unspecified atom stereocenters. The number of rotatable bonds is 5. The van der Waals surface area contributed by atoms with E-state index in [2.05, 4.69) is 35.1 Å². The van der Waals surface area contributed by atoms with Crippen molar-refractivity contribution in [3.8, 4) is 0 Å². The molecule has 0 saturated carbocycles. The molecule has 0 aromatic heterocycles. The van der Waals surface area contributed by atoms with Crippen molar-refractivity contribution in [3.05, 3.63) is 39.6 Å². The second-order valence-electron chi connectivity index (χ2n) is 3.60. The predicted molar refractivity (Wildman–Crippen MR) is 70.9 cm³/mol. The summed E-state index contributed by atoms with van der Waals surface area (Å²) in [7, 11) is 0. The maximum absolute atomic E-state index is 13.5. The second-order valence-corrected chi connectivity index (χ2v) is 4.52. The summed E-state index contributed by atoms with van der Waals surface area (Å²) in [5.74, 6) is -0.175. The molecule has 0 aliphatic heterocycles. The summed E-state index contributed by atoms with van der Waals surface area (Å²) in [6.45, 7) is 5.89. The molecule has 0 heterocycles. The summed E-state index contributed by atoms with van der Waals surface area (Å²) in [6, 6.07) is 5.00. The molecule has 1 N–H and O–H groups in total. The summed E-state index contributed by atoms with van der Waals surface area (Å²) in [6.07, 6.45) is 2.85. The maximum atomic E-state index is 13.5. The average Bonchev–Trinajstić information content (AvgIpc) is 2.28. The monoisotopic (exact) mass is 285 g/mol. The van der Waals surface area contributed by atoms with Crippen LogP contribution in [-0.2, 0) is 0 Å². The fraction of sp³-hybridized carbons (Fsp3) is 0.385. The Morgan fingerprint density at radius 3 is 2.81 bits per heavy atom. The zero-order valence-electron chi connectivity index (χ0n) is 9.69. The molecule has 16 heavy (non-hydrogen) atoms. The quantitative estimate of drug-likeness (QED) is 0.863. The molecule has 0 radical (unpaired) electrons. The summed E-state index contributed by atoms with van der Waals surface area (Å²) < 4.78 is 14.4. The SMILES string of the molecule is CCNCC(=Cc1cc(Br)ccc1F)CC. The van der Waals surface area contributed by atoms with E-state index in [0.717, 1.165) is 24.0 Å². The van der Waals surface area contributed by atoms with E-state index < -0.39 is 0 Å². The van der Waals surface area contributed by atoms with Crippen LogP contribution >= 0.6 is 15.9 Å². The lowest BCUT2D eigenvalue weighted by Crippen LogP contribution is -2.15. The molecule has 0 saturated heterocycles. The van der Waals surface area contributed by atoms with E-state index >= 15 is 0 Å². The average molecular weight is 286 g/mol. The zero-order valence-corrected chi connectivity index (χ0v) is 11.3. The Morgan fingerprint density at radius 1 is 1.44 bits per heavy atom. The standard InChI is InChI=1S/C13H17BrFN/c1-3-10(9-16-4-2)7-11-8-12(14)5-6-13(11)15/h5-8,16H,3-4,9H2,1-2H3. The highest BCUT2D eigenvalue weighted by Crippen LogP contribution is 2.18. The molecule has 0 bridgehead atoms. The molecule has 1 rings (SSSR count). The molecule has 88 valence electrons. The number of benzene rings is 1. The molecular formula is C13H17BrFN. The van der Waals surface area contributed by atoms with Crippen molar-refractivity contribution in [2.45, 2.75) is 20.3 Å². The van der Waals surface area contributed by atoms with Gasteiger partial charge in [-0.2, -0.15) is 0 Å². The van der Waals surface area contributed by atoms with Crippen LogP contribution in [0.3, 0.4) is 0 Å². The highest BCUT2D eigenvalue weighted by molar-refractivity contribution is 9.10. The lowest BCUT2D eigenvalue weighted by atomic mass is 10.1. The van der Waals surface area contributed by atoms with Gasteiger partial charge >= 0.3 is 0 Å². The van der Waals surface area contributed by atoms with Gasteiger partial charge in [0.25, 0.3) is 0 Å². The van der Waals surface area contributed by atoms with Crippen LogP contribution in [0.5, 0.6) is 0 Å². The molecule has 0 aliphatic carbocycles. The van der Waals surface area contributed by atoms with Crippen molar-refractivity contribution < 1.29 is 4.39 Å². The Labute approximate surface area is 105 Å². The van der Waals surface area contributed by atoms with Crippen LogP contribution in [-0.4, -0.2) is 13.1 Å². The van der Waals surface area contributed by atoms with Crippen LogP contribution in [0.2, 0.25) is 0 Å². The minimum absolute atomic E-state index is 0.175. The molecule has 3 heteroatoms. The third-order valence-electron chi connectivity index (χ3n) is 2.37. The first kappa shape index (κ1) is 13.4. The van der Waals surface area contributed by atoms with Gasteiger partial charge in [-0.15, -0.1) is 0 Å². The van der Waals surface area contributed by atoms with Crippen LogP contribution < -0.4 is 5.32 Å². The van der Waals surface area contributed by atoms with Crippen molar-refractivity contribution in [2.75, 3.05) is 13.1 Å². The minimum atomic E-state index is -0.175. The number of hydrogen-bond donors (Lipinski definition) is 1. The van der Waals surface area contributed by atoms with Crippen molar-refractivity contribution >= 4 is 22.0 Å². The highest BCUT2D eigenvalue weighted by Gasteiger charge is 2.01. The van der Waals surface area contributed by atoms with E-state index in [1.54, 1.807) is 12.1 Å². The van der Waals surface area contributed by atoms with Crippen molar-refractivity contribution in [1.29, 1.82) is 0 Å². The largest absolute Gasteiger partial charge is 0.313 e. The first-order chi connectivity index (χ1) is 7.67. The number of likely N-dealkylation sites (N-methyl/N-ethyl adjacent to an activating group) is 1. The number of halogens is 2. The van der Waals surface area contributed by atoms with E-state index in [9.17, 15) is 4.39 Å². The third kappa shape index (κ3) is 4.06. The molecular weight excluding hydrogens is 269 g/mol. The summed E-state index contributed by atoms with van der Waals surface area (Å²) in [5.41, 5.74) is 1.85. The van der Waals surface area contributed by atoms with Gasteiger partial charge in [0.15, 0.2) is 0 Å². The number of hydrogen-bond acceptors (Lipinski definition) is 1. The van der Waals surface area contributed by atoms with Crippen molar-refractivity contribution in [1.82, 2.24) is 5.32 Å². The van der Waals surface area contributed by atoms with Crippen LogP contribution in [0, 0.1) is 5.82 Å². The predicted octanol–water partition coefficient (Wildman–Crippen LogP) is 3.99. The van der Waals surface area contributed by atoms with E-state index in [1.807, 2.05) is 6.08 Å². The van der Waals surface area contributed by atoms with E-state index in [-0.39, 0.29) is 5.82 Å². The Bertz CT molecular complexity index is 374. The molecule has 1 nitrogen and oxygen atoms in total. The smallest absolute Gasteiger partial charge is 0.130 e. The van der Waals surface area contributed by atoms with E-state index in [0.29, 0.717) is 5.56 Å². The molecule has 0 spiro atoms. The van der Waals surface area contributed by atoms with E-state index in [1.165, 1.54) is 11.6 Å². The molecule has 0 aliphatic rings. The van der Waals surface area contributed by atoms with Crippen molar-refractivity contribution in [3.63, 3.8) is 0 Å². The lowest BCUT2D eigenvalue weighted by molar-refractivity contribution is 0.624. The molecule has 0 atom stereocenters. The first-order valence-electron chi connectivity index (χ1n) is 5.52. The van der Waals surface area contributed by atoms with Gasteiger partial charge in [-0.3, -0.25) is 0 Å². The third-order valence-corrected chi connectivity index (χ3v) is 2.87. The second kappa shape index (κ2) is 6.81. The van der Waals surface area contributed by atoms with Crippen LogP contribution in [0.15, 0.2) is 28.2 Å². The van der Waals surface area contributed by atoms with Crippen LogP contribution in [0.1, 0.15) is 25.8 Å². The van der Waals surface area contributed by atoms with Gasteiger partial charge in [-0.05, 0) is 31.2 Å². The maximum Gasteiger partial charge on any atom is 0.130 e.